The van der Waals surface area contributed by atoms with Crippen LogP contribution in [0.15, 0.2) is 12.2 Å². The minimum Gasteiger partial charge on any atom is -0.295 e. The lowest BCUT2D eigenvalue weighted by atomic mass is 9.71. The first-order chi connectivity index (χ1) is 10.5. The molecule has 0 aromatic carbocycles. The summed E-state index contributed by atoms with van der Waals surface area (Å²) in [4.78, 5) is 2.20. The molecule has 0 radical (unpaired) electrons. The van der Waals surface area contributed by atoms with Gasteiger partial charge in [0.05, 0.1) is 6.54 Å². The quantitative estimate of drug-likeness (QED) is 0.804. The lowest BCUT2D eigenvalue weighted by molar-refractivity contribution is -0.143. The minimum absolute atomic E-state index is 0.287. The summed E-state index contributed by atoms with van der Waals surface area (Å²) in [6, 6.07) is 0. The lowest BCUT2D eigenvalue weighted by Gasteiger charge is -2.43. The summed E-state index contributed by atoms with van der Waals surface area (Å²) in [6.45, 7) is 1.06. The van der Waals surface area contributed by atoms with Crippen LogP contribution in [0, 0.1) is 5.41 Å². The van der Waals surface area contributed by atoms with Crippen LogP contribution in [0.2, 0.25) is 0 Å². The van der Waals surface area contributed by atoms with Crippen LogP contribution in [-0.2, 0) is 13.1 Å². The molecule has 5 nitrogen and oxygen atoms in total. The van der Waals surface area contributed by atoms with E-state index in [1.54, 1.807) is 0 Å². The Morgan fingerprint density at radius 3 is 2.82 bits per heavy atom. The van der Waals surface area contributed by atoms with E-state index in [0.717, 1.165) is 43.5 Å². The highest BCUT2D eigenvalue weighted by Gasteiger charge is 2.36. The van der Waals surface area contributed by atoms with Crippen LogP contribution < -0.4 is 0 Å². The molecule has 1 aromatic rings. The maximum absolute atomic E-state index is 12.5. The van der Waals surface area contributed by atoms with Crippen molar-refractivity contribution in [1.82, 2.24) is 25.1 Å². The first-order valence-corrected chi connectivity index (χ1v) is 7.65. The highest BCUT2D eigenvalue weighted by Crippen LogP contribution is 2.40. The van der Waals surface area contributed by atoms with Crippen LogP contribution in [0.5, 0.6) is 0 Å². The molecule has 2 aliphatic rings. The second-order valence-corrected chi connectivity index (χ2v) is 6.40. The maximum Gasteiger partial charge on any atom is 0.408 e. The predicted molar refractivity (Wildman–Crippen MR) is 73.8 cm³/mol. The summed E-state index contributed by atoms with van der Waals surface area (Å²) < 4.78 is 38.4. The monoisotopic (exact) mass is 315 g/mol. The number of hydrogen-bond acceptors (Lipinski definition) is 4. The lowest BCUT2D eigenvalue weighted by Crippen LogP contribution is -2.43. The summed E-state index contributed by atoms with van der Waals surface area (Å²) in [5.74, 6) is 0.292. The number of hydrogen-bond donors (Lipinski definition) is 0. The first-order valence-electron chi connectivity index (χ1n) is 7.65. The van der Waals surface area contributed by atoms with Gasteiger partial charge in [0.2, 0.25) is 0 Å². The van der Waals surface area contributed by atoms with E-state index in [1.165, 1.54) is 6.42 Å². The molecule has 1 saturated heterocycles. The van der Waals surface area contributed by atoms with Crippen LogP contribution in [0.4, 0.5) is 13.2 Å². The molecule has 0 N–H and O–H groups in total. The van der Waals surface area contributed by atoms with Crippen molar-refractivity contribution in [2.24, 2.45) is 5.41 Å². The van der Waals surface area contributed by atoms with Crippen molar-refractivity contribution >= 4 is 0 Å². The van der Waals surface area contributed by atoms with E-state index in [-0.39, 0.29) is 5.41 Å². The molecular weight excluding hydrogens is 295 g/mol. The number of halogens is 3. The molecule has 22 heavy (non-hydrogen) atoms. The van der Waals surface area contributed by atoms with Gasteiger partial charge in [0.15, 0.2) is 5.82 Å². The third-order valence-corrected chi connectivity index (χ3v) is 4.60. The van der Waals surface area contributed by atoms with E-state index in [9.17, 15) is 13.2 Å². The fourth-order valence-corrected chi connectivity index (χ4v) is 3.59. The number of allylic oxidation sites excluding steroid dienone is 2. The molecule has 1 atom stereocenters. The summed E-state index contributed by atoms with van der Waals surface area (Å²) in [6.07, 6.45) is 5.75. The molecule has 1 aliphatic carbocycles. The summed E-state index contributed by atoms with van der Waals surface area (Å²) in [7, 11) is 0. The Kier molecular flexibility index (Phi) is 4.20. The molecule has 0 saturated carbocycles. The van der Waals surface area contributed by atoms with Crippen molar-refractivity contribution in [2.75, 3.05) is 13.1 Å². The van der Waals surface area contributed by atoms with Gasteiger partial charge < -0.3 is 0 Å². The van der Waals surface area contributed by atoms with Crippen molar-refractivity contribution in [3.05, 3.63) is 18.0 Å². The molecule has 122 valence electrons. The van der Waals surface area contributed by atoms with E-state index in [0.29, 0.717) is 12.4 Å². The average Bonchev–Trinajstić information content (AvgIpc) is 2.85. The van der Waals surface area contributed by atoms with Crippen LogP contribution in [0.25, 0.3) is 0 Å². The number of aromatic nitrogens is 4. The van der Waals surface area contributed by atoms with E-state index in [4.69, 9.17) is 0 Å². The van der Waals surface area contributed by atoms with Gasteiger partial charge in [0.25, 0.3) is 0 Å². The fourth-order valence-electron chi connectivity index (χ4n) is 3.59. The van der Waals surface area contributed by atoms with Gasteiger partial charge in [-0.3, -0.25) is 4.90 Å². The van der Waals surface area contributed by atoms with Gasteiger partial charge in [0, 0.05) is 6.54 Å². The Morgan fingerprint density at radius 1 is 1.23 bits per heavy atom. The highest BCUT2D eigenvalue weighted by molar-refractivity contribution is 5.01. The first kappa shape index (κ1) is 15.5. The number of tetrazole rings is 1. The molecule has 1 unspecified atom stereocenters. The van der Waals surface area contributed by atoms with Crippen molar-refractivity contribution < 1.29 is 13.2 Å². The maximum atomic E-state index is 12.5. The van der Waals surface area contributed by atoms with Crippen molar-refractivity contribution in [1.29, 1.82) is 0 Å². The Labute approximate surface area is 127 Å². The molecule has 1 aromatic heterocycles. The average molecular weight is 315 g/mol. The largest absolute Gasteiger partial charge is 0.408 e. The molecule has 1 fully saturated rings. The number of alkyl halides is 3. The Hall–Kier alpha value is -1.44. The van der Waals surface area contributed by atoms with Gasteiger partial charge in [-0.1, -0.05) is 12.2 Å². The number of piperidine rings is 1. The minimum atomic E-state index is -4.30. The van der Waals surface area contributed by atoms with Crippen LogP contribution >= 0.6 is 0 Å². The van der Waals surface area contributed by atoms with Gasteiger partial charge in [-0.05, 0) is 54.5 Å². The molecule has 0 amide bonds. The van der Waals surface area contributed by atoms with Crippen molar-refractivity contribution in [3.8, 4) is 0 Å². The van der Waals surface area contributed by atoms with Gasteiger partial charge >= 0.3 is 6.18 Å². The van der Waals surface area contributed by atoms with Gasteiger partial charge in [0.1, 0.15) is 6.54 Å². The molecule has 1 aliphatic heterocycles. The van der Waals surface area contributed by atoms with Crippen molar-refractivity contribution in [3.63, 3.8) is 0 Å². The van der Waals surface area contributed by atoms with E-state index >= 15 is 0 Å². The predicted octanol–water partition coefficient (Wildman–Crippen LogP) is 2.56. The van der Waals surface area contributed by atoms with Crippen LogP contribution in [0.3, 0.4) is 0 Å². The molecule has 3 rings (SSSR count). The number of nitrogens with zero attached hydrogens (tertiary/aromatic N) is 5. The normalized spacial score (nSPS) is 26.7. The number of likely N-dealkylation sites (tertiary alicyclic amines) is 1. The molecular formula is C14H20F3N5. The van der Waals surface area contributed by atoms with Gasteiger partial charge in [-0.25, -0.2) is 4.68 Å². The Morgan fingerprint density at radius 2 is 2.09 bits per heavy atom. The summed E-state index contributed by atoms with van der Waals surface area (Å²) >= 11 is 0. The summed E-state index contributed by atoms with van der Waals surface area (Å²) in [5, 5.41) is 10.6. The molecule has 8 heteroatoms. The topological polar surface area (TPSA) is 46.8 Å². The molecule has 2 heterocycles. The Bertz CT molecular complexity index is 539. The number of rotatable bonds is 3. The van der Waals surface area contributed by atoms with Crippen LogP contribution in [-0.4, -0.2) is 44.4 Å². The van der Waals surface area contributed by atoms with E-state index in [2.05, 4.69) is 32.6 Å². The Balaban J connectivity index is 1.66. The van der Waals surface area contributed by atoms with E-state index < -0.39 is 12.7 Å². The third kappa shape index (κ3) is 3.66. The third-order valence-electron chi connectivity index (χ3n) is 4.60. The molecule has 0 bridgehead atoms. The second-order valence-electron chi connectivity index (χ2n) is 6.40. The second kappa shape index (κ2) is 5.98. The molecule has 1 spiro atoms. The SMILES string of the molecule is FC(F)(F)Cn1nnnc1CN1CCCC2(CC=CCC2)C1. The van der Waals surface area contributed by atoms with Crippen LogP contribution in [0.1, 0.15) is 37.9 Å². The summed E-state index contributed by atoms with van der Waals surface area (Å²) in [5.41, 5.74) is 0.287. The standard InChI is InChI=1S/C14H20F3N5/c15-14(16,17)11-22-12(18-19-20-22)9-21-8-4-7-13(10-21)5-2-1-3-6-13/h1-2H,3-11H2. The zero-order chi connectivity index (χ0) is 15.6. The van der Waals surface area contributed by atoms with Crippen molar-refractivity contribution in [2.45, 2.75) is 51.4 Å². The van der Waals surface area contributed by atoms with Gasteiger partial charge in [-0.2, -0.15) is 13.2 Å². The van der Waals surface area contributed by atoms with Gasteiger partial charge in [-0.15, -0.1) is 5.10 Å². The highest BCUT2D eigenvalue weighted by atomic mass is 19.4. The van der Waals surface area contributed by atoms with E-state index in [1.807, 2.05) is 0 Å². The fraction of sp³-hybridized carbons (Fsp3) is 0.786. The zero-order valence-electron chi connectivity index (χ0n) is 12.4. The smallest absolute Gasteiger partial charge is 0.295 e. The zero-order valence-corrected chi connectivity index (χ0v) is 12.4.